The van der Waals surface area contributed by atoms with Crippen LogP contribution in [0.2, 0.25) is 0 Å². The quantitative estimate of drug-likeness (QED) is 0.445. The molecular formula is C23H18F3N5O. The van der Waals surface area contributed by atoms with Crippen LogP contribution >= 0.6 is 0 Å². The van der Waals surface area contributed by atoms with Crippen LogP contribution in [0.5, 0.6) is 0 Å². The molecule has 5 rings (SSSR count). The summed E-state index contributed by atoms with van der Waals surface area (Å²) in [6, 6.07) is 12.3. The van der Waals surface area contributed by atoms with Gasteiger partial charge < -0.3 is 10.2 Å². The van der Waals surface area contributed by atoms with E-state index in [1.165, 1.54) is 11.0 Å². The van der Waals surface area contributed by atoms with Crippen LogP contribution in [0.15, 0.2) is 54.7 Å². The molecule has 2 aromatic carbocycles. The molecule has 0 spiro atoms. The van der Waals surface area contributed by atoms with Crippen molar-refractivity contribution in [2.24, 2.45) is 0 Å². The van der Waals surface area contributed by atoms with E-state index in [0.717, 1.165) is 45.6 Å². The zero-order chi connectivity index (χ0) is 22.5. The maximum atomic E-state index is 13.0. The topological polar surface area (TPSA) is 73.9 Å². The van der Waals surface area contributed by atoms with Crippen molar-refractivity contribution in [3.8, 4) is 11.3 Å². The predicted octanol–water partition coefficient (Wildman–Crippen LogP) is 5.50. The largest absolute Gasteiger partial charge is 0.416 e. The van der Waals surface area contributed by atoms with E-state index >= 15 is 0 Å². The minimum absolute atomic E-state index is 0.0645. The molecule has 2 amide bonds. The van der Waals surface area contributed by atoms with Crippen LogP contribution in [-0.4, -0.2) is 26.1 Å². The number of hydrogen-bond acceptors (Lipinski definition) is 3. The number of hydrogen-bond donors (Lipinski definition) is 2. The first kappa shape index (κ1) is 20.0. The summed E-state index contributed by atoms with van der Waals surface area (Å²) in [7, 11) is 0. The van der Waals surface area contributed by atoms with E-state index in [4.69, 9.17) is 0 Å². The van der Waals surface area contributed by atoms with Crippen molar-refractivity contribution in [2.45, 2.75) is 26.2 Å². The van der Waals surface area contributed by atoms with Crippen LogP contribution in [0.3, 0.4) is 0 Å². The molecule has 6 nitrogen and oxygen atoms in total. The summed E-state index contributed by atoms with van der Waals surface area (Å²) in [6.07, 6.45) is -2.71. The molecule has 162 valence electrons. The highest BCUT2D eigenvalue weighted by atomic mass is 19.4. The molecule has 3 heterocycles. The Morgan fingerprint density at radius 2 is 1.97 bits per heavy atom. The second kappa shape index (κ2) is 7.37. The van der Waals surface area contributed by atoms with Crippen LogP contribution in [0.4, 0.5) is 23.7 Å². The lowest BCUT2D eigenvalue weighted by Gasteiger charge is -2.29. The number of aromatic amines is 1. The molecule has 32 heavy (non-hydrogen) atoms. The minimum atomic E-state index is -4.43. The summed E-state index contributed by atoms with van der Waals surface area (Å²) in [5, 5.41) is 11.2. The number of rotatable bonds is 3. The van der Waals surface area contributed by atoms with E-state index in [1.54, 1.807) is 12.3 Å². The fourth-order valence-corrected chi connectivity index (χ4v) is 3.94. The van der Waals surface area contributed by atoms with Gasteiger partial charge in [-0.3, -0.25) is 10.1 Å². The van der Waals surface area contributed by atoms with Crippen molar-refractivity contribution in [3.63, 3.8) is 0 Å². The number of fused-ring (bicyclic) bond motifs is 2. The van der Waals surface area contributed by atoms with Crippen LogP contribution in [0, 0.1) is 6.92 Å². The fourth-order valence-electron chi connectivity index (χ4n) is 3.94. The van der Waals surface area contributed by atoms with E-state index in [2.05, 4.69) is 20.5 Å². The second-order valence-electron chi connectivity index (χ2n) is 7.80. The number of nitrogens with zero attached hydrogens (tertiary/aromatic N) is 3. The Bertz CT molecular complexity index is 1350. The summed E-state index contributed by atoms with van der Waals surface area (Å²) in [4.78, 5) is 18.3. The molecule has 0 atom stereocenters. The summed E-state index contributed by atoms with van der Waals surface area (Å²) < 4.78 is 39.1. The number of alkyl halides is 3. The number of urea groups is 1. The van der Waals surface area contributed by atoms with E-state index < -0.39 is 11.7 Å². The number of carbonyl (C=O) groups is 1. The van der Waals surface area contributed by atoms with Crippen molar-refractivity contribution in [1.82, 2.24) is 20.1 Å². The summed E-state index contributed by atoms with van der Waals surface area (Å²) in [6.45, 7) is 2.24. The number of carbonyl (C=O) groups excluding carboxylic acids is 1. The first-order valence-electron chi connectivity index (χ1n) is 9.94. The Morgan fingerprint density at radius 3 is 2.75 bits per heavy atom. The van der Waals surface area contributed by atoms with Gasteiger partial charge in [-0.05, 0) is 54.4 Å². The highest BCUT2D eigenvalue weighted by molar-refractivity contribution is 6.00. The number of amides is 2. The van der Waals surface area contributed by atoms with Gasteiger partial charge in [0.25, 0.3) is 0 Å². The van der Waals surface area contributed by atoms with E-state index in [0.29, 0.717) is 11.3 Å². The number of aryl methyl sites for hydroxylation is 1. The van der Waals surface area contributed by atoms with Crippen LogP contribution < -0.4 is 5.32 Å². The van der Waals surface area contributed by atoms with Gasteiger partial charge in [-0.1, -0.05) is 12.1 Å². The molecule has 0 fully saturated rings. The number of pyridine rings is 1. The number of H-pyrrole nitrogens is 1. The van der Waals surface area contributed by atoms with Crippen molar-refractivity contribution < 1.29 is 18.0 Å². The molecule has 1 aliphatic rings. The van der Waals surface area contributed by atoms with Gasteiger partial charge in [0.05, 0.1) is 11.1 Å². The van der Waals surface area contributed by atoms with E-state index in [-0.39, 0.29) is 19.1 Å². The normalized spacial score (nSPS) is 13.9. The monoisotopic (exact) mass is 437 g/mol. The smallest absolute Gasteiger partial charge is 0.316 e. The zero-order valence-electron chi connectivity index (χ0n) is 17.0. The number of aromatic nitrogens is 3. The maximum Gasteiger partial charge on any atom is 0.416 e. The van der Waals surface area contributed by atoms with Crippen molar-refractivity contribution in [3.05, 3.63) is 77.1 Å². The molecule has 0 radical (unpaired) electrons. The van der Waals surface area contributed by atoms with Gasteiger partial charge in [0.15, 0.2) is 0 Å². The third kappa shape index (κ3) is 3.66. The molecule has 0 aliphatic carbocycles. The van der Waals surface area contributed by atoms with E-state index in [1.807, 2.05) is 31.2 Å². The SMILES string of the molecule is Cc1cc(-c2n[nH]c3cc4c(cc23)CN(Cc2cccc(C(F)(F)F)c2)C(=O)N4)ccn1. The van der Waals surface area contributed by atoms with Gasteiger partial charge in [-0.15, -0.1) is 0 Å². The Balaban J connectivity index is 1.47. The molecule has 9 heteroatoms. The van der Waals surface area contributed by atoms with Crippen LogP contribution in [0.25, 0.3) is 22.2 Å². The maximum absolute atomic E-state index is 13.0. The molecule has 0 unspecified atom stereocenters. The lowest BCUT2D eigenvalue weighted by atomic mass is 10.0. The predicted molar refractivity (Wildman–Crippen MR) is 114 cm³/mol. The Kier molecular flexibility index (Phi) is 4.61. The van der Waals surface area contributed by atoms with Gasteiger partial charge in [0.2, 0.25) is 0 Å². The second-order valence-corrected chi connectivity index (χ2v) is 7.80. The summed E-state index contributed by atoms with van der Waals surface area (Å²) in [5.74, 6) is 0. The Morgan fingerprint density at radius 1 is 1.12 bits per heavy atom. The molecule has 4 aromatic rings. The molecule has 1 aliphatic heterocycles. The third-order valence-electron chi connectivity index (χ3n) is 5.47. The summed E-state index contributed by atoms with van der Waals surface area (Å²) >= 11 is 0. The minimum Gasteiger partial charge on any atom is -0.316 e. The van der Waals surface area contributed by atoms with Gasteiger partial charge in [0.1, 0.15) is 5.69 Å². The highest BCUT2D eigenvalue weighted by Gasteiger charge is 2.31. The lowest BCUT2D eigenvalue weighted by Crippen LogP contribution is -2.38. The molecule has 0 saturated carbocycles. The third-order valence-corrected chi connectivity index (χ3v) is 5.47. The van der Waals surface area contributed by atoms with Gasteiger partial charge in [0, 0.05) is 41.6 Å². The molecule has 0 bridgehead atoms. The Hall–Kier alpha value is -3.88. The molecule has 0 saturated heterocycles. The van der Waals surface area contributed by atoms with E-state index in [9.17, 15) is 18.0 Å². The van der Waals surface area contributed by atoms with Gasteiger partial charge in [-0.25, -0.2) is 4.79 Å². The lowest BCUT2D eigenvalue weighted by molar-refractivity contribution is -0.137. The van der Waals surface area contributed by atoms with Crippen LogP contribution in [-0.2, 0) is 19.3 Å². The first-order chi connectivity index (χ1) is 15.3. The molecular weight excluding hydrogens is 419 g/mol. The number of nitrogens with one attached hydrogen (secondary N) is 2. The Labute approximate surface area is 181 Å². The molecule has 2 N–H and O–H groups in total. The van der Waals surface area contributed by atoms with Crippen molar-refractivity contribution in [1.29, 1.82) is 0 Å². The summed E-state index contributed by atoms with van der Waals surface area (Å²) in [5.41, 5.74) is 4.54. The highest BCUT2D eigenvalue weighted by Crippen LogP contribution is 2.34. The van der Waals surface area contributed by atoms with Gasteiger partial charge >= 0.3 is 12.2 Å². The average Bonchev–Trinajstić information content (AvgIpc) is 3.15. The number of anilines is 1. The fraction of sp³-hybridized carbons (Fsp3) is 0.174. The van der Waals surface area contributed by atoms with Gasteiger partial charge in [-0.2, -0.15) is 18.3 Å². The first-order valence-corrected chi connectivity index (χ1v) is 9.94. The molecule has 2 aromatic heterocycles. The van der Waals surface area contributed by atoms with Crippen molar-refractivity contribution >= 4 is 22.6 Å². The average molecular weight is 437 g/mol. The standard InChI is InChI=1S/C23H18F3N5O/c1-13-7-15(5-6-27-13)21-18-9-16-12-31(22(32)28-19(16)10-20(18)29-30-21)11-14-3-2-4-17(8-14)23(24,25)26/h2-10H,11-12H2,1H3,(H,28,32)(H,29,30). The zero-order valence-corrected chi connectivity index (χ0v) is 17.0. The van der Waals surface area contributed by atoms with Crippen LogP contribution in [0.1, 0.15) is 22.4 Å². The number of halogens is 3. The van der Waals surface area contributed by atoms with Crippen molar-refractivity contribution in [2.75, 3.05) is 5.32 Å². The number of benzene rings is 2.